The maximum atomic E-state index is 12.6. The van der Waals surface area contributed by atoms with Crippen LogP contribution in [0.5, 0.6) is 0 Å². The highest BCUT2D eigenvalue weighted by Crippen LogP contribution is 2.23. The number of carbonyl (C=O) groups excluding carboxylic acids is 2. The molecule has 8 nitrogen and oxygen atoms in total. The van der Waals surface area contributed by atoms with Crippen molar-refractivity contribution in [3.8, 4) is 0 Å². The number of ether oxygens (including phenoxy) is 1. The highest BCUT2D eigenvalue weighted by atomic mass is 35.5. The van der Waals surface area contributed by atoms with Crippen molar-refractivity contribution >= 4 is 39.1 Å². The third-order valence-electron chi connectivity index (χ3n) is 3.83. The normalized spacial score (nSPS) is 12.4. The van der Waals surface area contributed by atoms with Crippen molar-refractivity contribution in [2.24, 2.45) is 0 Å². The summed E-state index contributed by atoms with van der Waals surface area (Å²) in [6, 6.07) is 5.26. The molecule has 0 aliphatic rings. The minimum atomic E-state index is -3.54. The van der Waals surface area contributed by atoms with Gasteiger partial charge in [-0.3, -0.25) is 4.79 Å². The fourth-order valence-electron chi connectivity index (χ4n) is 2.35. The molecule has 0 radical (unpaired) electrons. The Bertz CT molecular complexity index is 970. The molecule has 1 N–H and O–H groups in total. The molecule has 2 rings (SSSR count). The predicted octanol–water partition coefficient (Wildman–Crippen LogP) is 3.39. The van der Waals surface area contributed by atoms with Crippen molar-refractivity contribution in [2.45, 2.75) is 44.1 Å². The predicted molar refractivity (Wildman–Crippen MR) is 103 cm³/mol. The summed E-state index contributed by atoms with van der Waals surface area (Å²) in [5.41, 5.74) is -0.129. The largest absolute Gasteiger partial charge is 0.449 e. The number of nitrogens with one attached hydrogen (secondary N) is 1. The lowest BCUT2D eigenvalue weighted by Gasteiger charge is -2.17. The zero-order chi connectivity index (χ0) is 20.9. The van der Waals surface area contributed by atoms with E-state index in [-0.39, 0.29) is 27.7 Å². The molecule has 1 aromatic heterocycles. The molecule has 152 valence electrons. The highest BCUT2D eigenvalue weighted by Gasteiger charge is 2.26. The van der Waals surface area contributed by atoms with Crippen molar-refractivity contribution in [1.82, 2.24) is 5.16 Å². The number of hydrogen-bond acceptors (Lipinski definition) is 7. The molecule has 28 heavy (non-hydrogen) atoms. The maximum absolute atomic E-state index is 12.6. The summed E-state index contributed by atoms with van der Waals surface area (Å²) in [6.45, 7) is 3.61. The Kier molecular flexibility index (Phi) is 7.20. The summed E-state index contributed by atoms with van der Waals surface area (Å²) < 4.78 is 33.7. The molecule has 1 heterocycles. The number of carbonyl (C=O) groups is 2. The van der Waals surface area contributed by atoms with E-state index in [9.17, 15) is 18.0 Å². The van der Waals surface area contributed by atoms with Gasteiger partial charge < -0.3 is 14.6 Å². The molecule has 0 saturated carbocycles. The van der Waals surface area contributed by atoms with Crippen LogP contribution in [0.3, 0.4) is 0 Å². The first-order chi connectivity index (χ1) is 13.1. The van der Waals surface area contributed by atoms with E-state index in [1.165, 1.54) is 18.2 Å². The second-order valence-electron chi connectivity index (χ2n) is 6.26. The Morgan fingerprint density at radius 3 is 2.61 bits per heavy atom. The summed E-state index contributed by atoms with van der Waals surface area (Å²) in [4.78, 5) is 25.0. The highest BCUT2D eigenvalue weighted by molar-refractivity contribution is 7.90. The smallest absolute Gasteiger partial charge is 0.340 e. The van der Waals surface area contributed by atoms with E-state index < -0.39 is 27.8 Å². The molecule has 10 heteroatoms. The van der Waals surface area contributed by atoms with Crippen LogP contribution in [-0.2, 0) is 19.4 Å². The summed E-state index contributed by atoms with van der Waals surface area (Å²) in [6.07, 6.45) is 1.63. The zero-order valence-electron chi connectivity index (χ0n) is 15.7. The number of sulfone groups is 1. The number of amides is 1. The molecule has 0 fully saturated rings. The molecular weight excluding hydrogens is 408 g/mol. The van der Waals surface area contributed by atoms with Gasteiger partial charge in [-0.15, -0.1) is 0 Å². The quantitative estimate of drug-likeness (QED) is 0.640. The van der Waals surface area contributed by atoms with E-state index in [0.29, 0.717) is 12.2 Å². The van der Waals surface area contributed by atoms with Crippen LogP contribution >= 0.6 is 11.6 Å². The number of benzene rings is 1. The van der Waals surface area contributed by atoms with Crippen LogP contribution < -0.4 is 5.32 Å². The molecule has 1 atom stereocenters. The number of esters is 1. The Morgan fingerprint density at radius 2 is 2.04 bits per heavy atom. The second kappa shape index (κ2) is 9.20. The fourth-order valence-corrected chi connectivity index (χ4v) is 3.19. The van der Waals surface area contributed by atoms with Crippen LogP contribution in [0.15, 0.2) is 33.7 Å². The van der Waals surface area contributed by atoms with Gasteiger partial charge in [0.15, 0.2) is 21.8 Å². The first-order valence-corrected chi connectivity index (χ1v) is 10.8. The zero-order valence-corrected chi connectivity index (χ0v) is 17.3. The first kappa shape index (κ1) is 21.9. The molecule has 0 aliphatic carbocycles. The third kappa shape index (κ3) is 5.80. The minimum Gasteiger partial charge on any atom is -0.449 e. The molecule has 0 saturated heterocycles. The Labute approximate surface area is 168 Å². The molecule has 0 spiro atoms. The number of aryl methyl sites for hydroxylation is 1. The number of halogens is 1. The van der Waals surface area contributed by atoms with Gasteiger partial charge in [-0.25, -0.2) is 13.2 Å². The third-order valence-corrected chi connectivity index (χ3v) is 5.27. The number of anilines is 1. The Balaban J connectivity index is 2.21. The van der Waals surface area contributed by atoms with Gasteiger partial charge in [-0.1, -0.05) is 30.1 Å². The van der Waals surface area contributed by atoms with Crippen LogP contribution in [0.4, 0.5) is 5.82 Å². The topological polar surface area (TPSA) is 116 Å². The van der Waals surface area contributed by atoms with E-state index >= 15 is 0 Å². The standard InChI is InChI=1S/C18H21ClN2O6S/c1-4-5-6-15(17(22)20-16-9-11(2)27-21-16)26-18(23)13-10-12(28(3,24)25)7-8-14(13)19/h7-10,15H,4-6H2,1-3H3,(H,20,21,22). The molecular formula is C18H21ClN2O6S. The summed E-state index contributed by atoms with van der Waals surface area (Å²) in [5.74, 6) is -0.729. The molecule has 1 unspecified atom stereocenters. The average molecular weight is 429 g/mol. The number of aromatic nitrogens is 1. The maximum Gasteiger partial charge on any atom is 0.340 e. The Morgan fingerprint density at radius 1 is 1.32 bits per heavy atom. The van der Waals surface area contributed by atoms with Crippen LogP contribution in [0.2, 0.25) is 5.02 Å². The van der Waals surface area contributed by atoms with E-state index in [1.54, 1.807) is 6.92 Å². The molecule has 1 amide bonds. The van der Waals surface area contributed by atoms with Crippen molar-refractivity contribution in [3.05, 3.63) is 40.6 Å². The van der Waals surface area contributed by atoms with Crippen LogP contribution in [0.1, 0.15) is 42.3 Å². The van der Waals surface area contributed by atoms with E-state index in [0.717, 1.165) is 18.7 Å². The average Bonchev–Trinajstić information content (AvgIpc) is 3.02. The van der Waals surface area contributed by atoms with Crippen molar-refractivity contribution in [1.29, 1.82) is 0 Å². The number of nitrogens with zero attached hydrogens (tertiary/aromatic N) is 1. The SMILES string of the molecule is CCCCC(OC(=O)c1cc(S(C)(=O)=O)ccc1Cl)C(=O)Nc1cc(C)on1. The van der Waals surface area contributed by atoms with Gasteiger partial charge in [0.25, 0.3) is 5.91 Å². The minimum absolute atomic E-state index is 0.0270. The summed E-state index contributed by atoms with van der Waals surface area (Å²) in [7, 11) is -3.54. The van der Waals surface area contributed by atoms with Crippen LogP contribution in [0.25, 0.3) is 0 Å². The van der Waals surface area contributed by atoms with Crippen molar-refractivity contribution in [2.75, 3.05) is 11.6 Å². The van der Waals surface area contributed by atoms with Gasteiger partial charge in [0.05, 0.1) is 15.5 Å². The van der Waals surface area contributed by atoms with E-state index in [2.05, 4.69) is 10.5 Å². The van der Waals surface area contributed by atoms with Crippen LogP contribution in [0, 0.1) is 6.92 Å². The monoisotopic (exact) mass is 428 g/mol. The lowest BCUT2D eigenvalue weighted by Crippen LogP contribution is -2.33. The lowest BCUT2D eigenvalue weighted by molar-refractivity contribution is -0.125. The summed E-state index contributed by atoms with van der Waals surface area (Å²) >= 11 is 6.02. The van der Waals surface area contributed by atoms with E-state index in [4.69, 9.17) is 20.9 Å². The van der Waals surface area contributed by atoms with Gasteiger partial charge >= 0.3 is 5.97 Å². The van der Waals surface area contributed by atoms with Gasteiger partial charge in [0, 0.05) is 12.3 Å². The fraction of sp³-hybridized carbons (Fsp3) is 0.389. The number of hydrogen-bond donors (Lipinski definition) is 1. The van der Waals surface area contributed by atoms with Gasteiger partial charge in [0.1, 0.15) is 5.76 Å². The van der Waals surface area contributed by atoms with Crippen molar-refractivity contribution in [3.63, 3.8) is 0 Å². The first-order valence-electron chi connectivity index (χ1n) is 8.56. The molecule has 0 aliphatic heterocycles. The Hall–Kier alpha value is -2.39. The number of unbranched alkanes of at least 4 members (excludes halogenated alkanes) is 1. The van der Waals surface area contributed by atoms with E-state index in [1.807, 2.05) is 6.92 Å². The molecule has 0 bridgehead atoms. The van der Waals surface area contributed by atoms with Gasteiger partial charge in [-0.2, -0.15) is 0 Å². The van der Waals surface area contributed by atoms with Gasteiger partial charge in [0.2, 0.25) is 0 Å². The van der Waals surface area contributed by atoms with Crippen LogP contribution in [-0.4, -0.2) is 37.8 Å². The molecule has 1 aromatic carbocycles. The van der Waals surface area contributed by atoms with Gasteiger partial charge in [-0.05, 0) is 38.0 Å². The second-order valence-corrected chi connectivity index (χ2v) is 8.68. The lowest BCUT2D eigenvalue weighted by atomic mass is 10.1. The summed E-state index contributed by atoms with van der Waals surface area (Å²) in [5, 5.41) is 6.23. The van der Waals surface area contributed by atoms with Crippen molar-refractivity contribution < 1.29 is 27.3 Å². The molecule has 2 aromatic rings. The number of rotatable bonds is 8.